The summed E-state index contributed by atoms with van der Waals surface area (Å²) in [6.45, 7) is 9.15. The Balaban J connectivity index is 1.87. The second kappa shape index (κ2) is 9.21. The summed E-state index contributed by atoms with van der Waals surface area (Å²) in [5.41, 5.74) is 2.54. The summed E-state index contributed by atoms with van der Waals surface area (Å²) in [6, 6.07) is 1.29. The molecular formula is C24H40O3. The van der Waals surface area contributed by atoms with Crippen LogP contribution in [-0.2, 0) is 12.8 Å². The van der Waals surface area contributed by atoms with Crippen molar-refractivity contribution < 1.29 is 15.3 Å². The van der Waals surface area contributed by atoms with Crippen LogP contribution in [0.4, 0.5) is 0 Å². The lowest BCUT2D eigenvalue weighted by atomic mass is 9.88. The van der Waals surface area contributed by atoms with Crippen LogP contribution < -0.4 is 0 Å². The average molecular weight is 377 g/mol. The quantitative estimate of drug-likeness (QED) is 0.225. The van der Waals surface area contributed by atoms with Gasteiger partial charge >= 0.3 is 0 Å². The minimum Gasteiger partial charge on any atom is -0.508 e. The first-order chi connectivity index (χ1) is 12.6. The maximum absolute atomic E-state index is 10.3. The molecule has 154 valence electrons. The standard InChI is InChI=1S/C24H40O3/c1-23(2,3)13-9-5-7-11-18-19(22(27)21(26)17-20(18)25)12-8-6-10-14-24(4)15-16-24/h17,25-27H,5-16H2,1-4H3. The zero-order valence-corrected chi connectivity index (χ0v) is 17.9. The van der Waals surface area contributed by atoms with Gasteiger partial charge in [-0.05, 0) is 62.2 Å². The van der Waals surface area contributed by atoms with Crippen LogP contribution in [0.3, 0.4) is 0 Å². The summed E-state index contributed by atoms with van der Waals surface area (Å²) in [7, 11) is 0. The van der Waals surface area contributed by atoms with Gasteiger partial charge in [-0.25, -0.2) is 0 Å². The van der Waals surface area contributed by atoms with E-state index in [-0.39, 0.29) is 17.2 Å². The SMILES string of the molecule is CC(C)(C)CCCCCc1c(O)cc(O)c(O)c1CCCCCC1(C)CC1. The van der Waals surface area contributed by atoms with Crippen LogP contribution >= 0.6 is 0 Å². The number of rotatable bonds is 11. The number of benzene rings is 1. The molecule has 1 aliphatic carbocycles. The van der Waals surface area contributed by atoms with E-state index in [1.165, 1.54) is 44.6 Å². The molecule has 0 amide bonds. The lowest BCUT2D eigenvalue weighted by Gasteiger charge is -2.18. The fraction of sp³-hybridized carbons (Fsp3) is 0.750. The maximum atomic E-state index is 10.3. The fourth-order valence-electron chi connectivity index (χ4n) is 3.91. The molecule has 0 radical (unpaired) electrons. The molecule has 1 fully saturated rings. The van der Waals surface area contributed by atoms with Gasteiger partial charge in [0.1, 0.15) is 5.75 Å². The van der Waals surface area contributed by atoms with Crippen LogP contribution in [0.15, 0.2) is 6.07 Å². The Morgan fingerprint density at radius 2 is 1.41 bits per heavy atom. The van der Waals surface area contributed by atoms with E-state index < -0.39 is 0 Å². The van der Waals surface area contributed by atoms with Crippen LogP contribution in [0.5, 0.6) is 17.2 Å². The molecule has 3 heteroatoms. The number of phenols is 3. The predicted octanol–water partition coefficient (Wildman–Crippen LogP) is 6.86. The fourth-order valence-corrected chi connectivity index (χ4v) is 3.91. The molecule has 1 saturated carbocycles. The molecule has 1 aliphatic rings. The van der Waals surface area contributed by atoms with Gasteiger partial charge in [0.2, 0.25) is 0 Å². The number of hydrogen-bond acceptors (Lipinski definition) is 3. The summed E-state index contributed by atoms with van der Waals surface area (Å²) < 4.78 is 0. The second-order valence-electron chi connectivity index (χ2n) is 10.2. The van der Waals surface area contributed by atoms with Crippen molar-refractivity contribution in [3.63, 3.8) is 0 Å². The summed E-state index contributed by atoms with van der Waals surface area (Å²) in [4.78, 5) is 0. The van der Waals surface area contributed by atoms with Crippen molar-refractivity contribution in [3.8, 4) is 17.2 Å². The molecule has 0 heterocycles. The topological polar surface area (TPSA) is 60.7 Å². The lowest BCUT2D eigenvalue weighted by Crippen LogP contribution is -2.04. The molecule has 0 atom stereocenters. The van der Waals surface area contributed by atoms with Gasteiger partial charge in [0.25, 0.3) is 0 Å². The Morgan fingerprint density at radius 1 is 0.815 bits per heavy atom. The van der Waals surface area contributed by atoms with Gasteiger partial charge in [-0.2, -0.15) is 0 Å². The first kappa shape index (κ1) is 21.9. The van der Waals surface area contributed by atoms with Crippen LogP contribution in [0.1, 0.15) is 103 Å². The van der Waals surface area contributed by atoms with Gasteiger partial charge in [0.15, 0.2) is 11.5 Å². The van der Waals surface area contributed by atoms with Crippen molar-refractivity contribution in [1.82, 2.24) is 0 Å². The molecule has 0 aliphatic heterocycles. The van der Waals surface area contributed by atoms with Crippen LogP contribution in [0.25, 0.3) is 0 Å². The minimum absolute atomic E-state index is 0.0355. The predicted molar refractivity (Wildman–Crippen MR) is 113 cm³/mol. The van der Waals surface area contributed by atoms with E-state index in [0.29, 0.717) is 10.8 Å². The third-order valence-electron chi connectivity index (χ3n) is 6.14. The van der Waals surface area contributed by atoms with E-state index in [1.54, 1.807) is 0 Å². The number of hydrogen-bond donors (Lipinski definition) is 3. The minimum atomic E-state index is -0.204. The summed E-state index contributed by atoms with van der Waals surface area (Å²) >= 11 is 0. The summed E-state index contributed by atoms with van der Waals surface area (Å²) in [5, 5.41) is 30.6. The maximum Gasteiger partial charge on any atom is 0.161 e. The Labute approximate surface area is 165 Å². The Bertz CT molecular complexity index is 609. The molecule has 0 spiro atoms. The molecule has 0 unspecified atom stereocenters. The highest BCUT2D eigenvalue weighted by Crippen LogP contribution is 2.49. The van der Waals surface area contributed by atoms with E-state index >= 15 is 0 Å². The second-order valence-corrected chi connectivity index (χ2v) is 10.2. The van der Waals surface area contributed by atoms with Crippen molar-refractivity contribution >= 4 is 0 Å². The zero-order valence-electron chi connectivity index (χ0n) is 17.9. The number of phenolic OH excluding ortho intramolecular Hbond substituents is 3. The van der Waals surface area contributed by atoms with Crippen molar-refractivity contribution in [2.24, 2.45) is 10.8 Å². The monoisotopic (exact) mass is 376 g/mol. The highest BCUT2D eigenvalue weighted by molar-refractivity contribution is 5.55. The molecule has 3 N–H and O–H groups in total. The number of unbranched alkanes of at least 4 members (excludes halogenated alkanes) is 4. The van der Waals surface area contributed by atoms with Crippen LogP contribution in [-0.4, -0.2) is 15.3 Å². The zero-order chi connectivity index (χ0) is 20.1. The highest BCUT2D eigenvalue weighted by Gasteiger charge is 2.35. The molecule has 1 aromatic rings. The summed E-state index contributed by atoms with van der Waals surface area (Å²) in [6.07, 6.45) is 13.4. The molecule has 2 rings (SSSR count). The van der Waals surface area contributed by atoms with Gasteiger partial charge in [-0.1, -0.05) is 53.4 Å². The largest absolute Gasteiger partial charge is 0.508 e. The Hall–Kier alpha value is -1.38. The smallest absolute Gasteiger partial charge is 0.161 e. The molecule has 0 aromatic heterocycles. The normalized spacial score (nSPS) is 15.9. The van der Waals surface area contributed by atoms with Gasteiger partial charge in [-0.15, -0.1) is 0 Å². The lowest BCUT2D eigenvalue weighted by molar-refractivity contribution is 0.357. The Kier molecular flexibility index (Phi) is 7.47. The van der Waals surface area contributed by atoms with Gasteiger partial charge in [0, 0.05) is 17.2 Å². The first-order valence-electron chi connectivity index (χ1n) is 10.9. The van der Waals surface area contributed by atoms with Crippen molar-refractivity contribution in [2.75, 3.05) is 0 Å². The van der Waals surface area contributed by atoms with Gasteiger partial charge in [0.05, 0.1) is 0 Å². The Morgan fingerprint density at radius 3 is 2.00 bits per heavy atom. The van der Waals surface area contributed by atoms with Crippen LogP contribution in [0, 0.1) is 10.8 Å². The molecule has 3 nitrogen and oxygen atoms in total. The first-order valence-corrected chi connectivity index (χ1v) is 10.9. The molecule has 0 bridgehead atoms. The van der Waals surface area contributed by atoms with E-state index in [1.807, 2.05) is 0 Å². The average Bonchev–Trinajstić information content (AvgIpc) is 3.30. The molecule has 1 aromatic carbocycles. The van der Waals surface area contributed by atoms with Crippen molar-refractivity contribution in [2.45, 2.75) is 105 Å². The third kappa shape index (κ3) is 7.27. The molecular weight excluding hydrogens is 336 g/mol. The van der Waals surface area contributed by atoms with Crippen molar-refractivity contribution in [3.05, 3.63) is 17.2 Å². The molecule has 0 saturated heterocycles. The van der Waals surface area contributed by atoms with Crippen molar-refractivity contribution in [1.29, 1.82) is 0 Å². The van der Waals surface area contributed by atoms with Gasteiger partial charge in [-0.3, -0.25) is 0 Å². The third-order valence-corrected chi connectivity index (χ3v) is 6.14. The van der Waals surface area contributed by atoms with E-state index in [2.05, 4.69) is 27.7 Å². The van der Waals surface area contributed by atoms with E-state index in [4.69, 9.17) is 0 Å². The number of aromatic hydroxyl groups is 3. The van der Waals surface area contributed by atoms with Gasteiger partial charge < -0.3 is 15.3 Å². The molecule has 27 heavy (non-hydrogen) atoms. The summed E-state index contributed by atoms with van der Waals surface area (Å²) in [5.74, 6) is -0.113. The van der Waals surface area contributed by atoms with Crippen LogP contribution in [0.2, 0.25) is 0 Å². The van der Waals surface area contributed by atoms with E-state index in [0.717, 1.165) is 49.7 Å². The van der Waals surface area contributed by atoms with E-state index in [9.17, 15) is 15.3 Å². The highest BCUT2D eigenvalue weighted by atomic mass is 16.3.